The number of imide groups is 1. The molecule has 0 radical (unpaired) electrons. The van der Waals surface area contributed by atoms with Gasteiger partial charge in [0, 0.05) is 30.8 Å². The molecule has 0 aliphatic carbocycles. The first kappa shape index (κ1) is 21.9. The van der Waals surface area contributed by atoms with Crippen LogP contribution >= 0.6 is 0 Å². The van der Waals surface area contributed by atoms with Gasteiger partial charge < -0.3 is 10.2 Å². The number of hydrogen-bond acceptors (Lipinski definition) is 4. The molecule has 34 heavy (non-hydrogen) atoms. The van der Waals surface area contributed by atoms with Crippen LogP contribution in [0.2, 0.25) is 0 Å². The van der Waals surface area contributed by atoms with Gasteiger partial charge in [-0.15, -0.1) is 0 Å². The lowest BCUT2D eigenvalue weighted by atomic mass is 10.0. The second-order valence-corrected chi connectivity index (χ2v) is 8.41. The van der Waals surface area contributed by atoms with Crippen LogP contribution in [0.1, 0.15) is 39.9 Å². The molecule has 3 aliphatic rings. The quantitative estimate of drug-likeness (QED) is 0.657. The second kappa shape index (κ2) is 7.86. The zero-order valence-electron chi connectivity index (χ0n) is 17.7. The molecule has 3 heterocycles. The number of alkyl halides is 3. The van der Waals surface area contributed by atoms with Gasteiger partial charge in [-0.3, -0.25) is 24.6 Å². The second-order valence-electron chi connectivity index (χ2n) is 8.41. The van der Waals surface area contributed by atoms with E-state index in [0.717, 1.165) is 11.0 Å². The number of urea groups is 1. The summed E-state index contributed by atoms with van der Waals surface area (Å²) < 4.78 is 40.5. The standard InChI is InChI=1S/C23H19F3N4O4/c24-23(25,26)16-3-1-2-12-8-9-29(19(12)16)22(34)27-14-4-5-15-13(10-14)11-30(21(15)33)17-6-7-18(31)28-20(17)32/h1-5,10,17H,6-9,11H2,(H,27,34)(H,28,31,32). The van der Waals surface area contributed by atoms with Gasteiger partial charge in [0.1, 0.15) is 6.04 Å². The summed E-state index contributed by atoms with van der Waals surface area (Å²) in [6.45, 7) is 0.232. The molecular formula is C23H19F3N4O4. The molecule has 2 aromatic carbocycles. The van der Waals surface area contributed by atoms with Gasteiger partial charge in [-0.1, -0.05) is 12.1 Å². The molecule has 1 saturated heterocycles. The van der Waals surface area contributed by atoms with E-state index < -0.39 is 29.7 Å². The molecule has 2 N–H and O–H groups in total. The van der Waals surface area contributed by atoms with Gasteiger partial charge >= 0.3 is 12.2 Å². The van der Waals surface area contributed by atoms with E-state index in [9.17, 15) is 32.3 Å². The summed E-state index contributed by atoms with van der Waals surface area (Å²) in [6.07, 6.45) is -3.92. The molecule has 0 bridgehead atoms. The molecule has 11 heteroatoms. The van der Waals surface area contributed by atoms with Crippen molar-refractivity contribution in [2.24, 2.45) is 0 Å². The van der Waals surface area contributed by atoms with Gasteiger partial charge in [0.15, 0.2) is 0 Å². The van der Waals surface area contributed by atoms with Crippen molar-refractivity contribution in [1.82, 2.24) is 10.2 Å². The number of carbonyl (C=O) groups excluding carboxylic acids is 4. The number of nitrogens with zero attached hydrogens (tertiary/aromatic N) is 2. The van der Waals surface area contributed by atoms with Crippen LogP contribution in [-0.2, 0) is 28.7 Å². The number of para-hydroxylation sites is 1. The highest BCUT2D eigenvalue weighted by Gasteiger charge is 2.40. The Morgan fingerprint density at radius 3 is 2.59 bits per heavy atom. The Bertz CT molecular complexity index is 1240. The van der Waals surface area contributed by atoms with E-state index in [1.54, 1.807) is 12.1 Å². The third-order valence-electron chi connectivity index (χ3n) is 6.32. The Morgan fingerprint density at radius 2 is 1.85 bits per heavy atom. The zero-order chi connectivity index (χ0) is 24.2. The minimum Gasteiger partial charge on any atom is -0.322 e. The summed E-state index contributed by atoms with van der Waals surface area (Å²) in [4.78, 5) is 51.7. The van der Waals surface area contributed by atoms with Crippen LogP contribution in [0.3, 0.4) is 0 Å². The number of carbonyl (C=O) groups is 4. The summed E-state index contributed by atoms with van der Waals surface area (Å²) in [5.74, 6) is -1.27. The third-order valence-corrected chi connectivity index (χ3v) is 6.32. The molecule has 1 unspecified atom stereocenters. The van der Waals surface area contributed by atoms with Crippen molar-refractivity contribution >= 4 is 35.1 Å². The average Bonchev–Trinajstić information content (AvgIpc) is 3.34. The van der Waals surface area contributed by atoms with Crippen molar-refractivity contribution in [3.8, 4) is 0 Å². The van der Waals surface area contributed by atoms with Crippen molar-refractivity contribution < 1.29 is 32.3 Å². The molecule has 0 saturated carbocycles. The maximum Gasteiger partial charge on any atom is 0.418 e. The van der Waals surface area contributed by atoms with Crippen LogP contribution in [0, 0.1) is 0 Å². The summed E-state index contributed by atoms with van der Waals surface area (Å²) in [5.41, 5.74) is 0.702. The monoisotopic (exact) mass is 472 g/mol. The highest BCUT2D eigenvalue weighted by molar-refractivity contribution is 6.07. The smallest absolute Gasteiger partial charge is 0.322 e. The van der Waals surface area contributed by atoms with E-state index >= 15 is 0 Å². The lowest BCUT2D eigenvalue weighted by Crippen LogP contribution is -2.52. The van der Waals surface area contributed by atoms with Crippen molar-refractivity contribution in [3.63, 3.8) is 0 Å². The van der Waals surface area contributed by atoms with Gasteiger partial charge in [0.25, 0.3) is 5.91 Å². The Hall–Kier alpha value is -3.89. The minimum atomic E-state index is -4.60. The van der Waals surface area contributed by atoms with E-state index in [0.29, 0.717) is 28.8 Å². The Balaban J connectivity index is 1.35. The first-order valence-electron chi connectivity index (χ1n) is 10.7. The molecule has 5 rings (SSSR count). The fourth-order valence-corrected chi connectivity index (χ4v) is 4.73. The maximum atomic E-state index is 13.5. The highest BCUT2D eigenvalue weighted by Crippen LogP contribution is 2.41. The van der Waals surface area contributed by atoms with Crippen LogP contribution in [0.5, 0.6) is 0 Å². The number of anilines is 2. The number of fused-ring (bicyclic) bond motifs is 2. The predicted octanol–water partition coefficient (Wildman–Crippen LogP) is 3.06. The van der Waals surface area contributed by atoms with Crippen molar-refractivity contribution in [2.45, 2.75) is 38.0 Å². The van der Waals surface area contributed by atoms with Crippen LogP contribution in [0.25, 0.3) is 0 Å². The van der Waals surface area contributed by atoms with Crippen molar-refractivity contribution in [1.29, 1.82) is 0 Å². The zero-order valence-corrected chi connectivity index (χ0v) is 17.7. The predicted molar refractivity (Wildman–Crippen MR) is 114 cm³/mol. The number of amides is 5. The molecule has 176 valence electrons. The van der Waals surface area contributed by atoms with E-state index in [4.69, 9.17) is 0 Å². The molecule has 2 aromatic rings. The van der Waals surface area contributed by atoms with Crippen LogP contribution in [0.4, 0.5) is 29.3 Å². The Morgan fingerprint density at radius 1 is 1.06 bits per heavy atom. The van der Waals surface area contributed by atoms with Gasteiger partial charge in [-0.2, -0.15) is 13.2 Å². The van der Waals surface area contributed by atoms with Gasteiger partial charge in [0.2, 0.25) is 11.8 Å². The summed E-state index contributed by atoms with van der Waals surface area (Å²) >= 11 is 0. The summed E-state index contributed by atoms with van der Waals surface area (Å²) in [6, 6.07) is 6.96. The summed E-state index contributed by atoms with van der Waals surface area (Å²) in [7, 11) is 0. The molecular weight excluding hydrogens is 453 g/mol. The molecule has 0 spiro atoms. The summed E-state index contributed by atoms with van der Waals surface area (Å²) in [5, 5.41) is 4.85. The highest BCUT2D eigenvalue weighted by atomic mass is 19.4. The van der Waals surface area contributed by atoms with Gasteiger partial charge in [-0.25, -0.2) is 4.79 Å². The van der Waals surface area contributed by atoms with E-state index in [1.807, 2.05) is 0 Å². The largest absolute Gasteiger partial charge is 0.418 e. The van der Waals surface area contributed by atoms with Crippen LogP contribution in [-0.4, -0.2) is 41.2 Å². The minimum absolute atomic E-state index is 0.112. The number of rotatable bonds is 2. The normalized spacial score (nSPS) is 19.7. The maximum absolute atomic E-state index is 13.5. The number of halogens is 3. The number of benzene rings is 2. The van der Waals surface area contributed by atoms with Gasteiger partial charge in [0.05, 0.1) is 11.3 Å². The van der Waals surface area contributed by atoms with E-state index in [-0.39, 0.29) is 43.4 Å². The average molecular weight is 472 g/mol. The molecule has 5 amide bonds. The fraction of sp³-hybridized carbons (Fsp3) is 0.304. The van der Waals surface area contributed by atoms with Crippen LogP contribution < -0.4 is 15.5 Å². The number of nitrogens with one attached hydrogen (secondary N) is 2. The molecule has 3 aliphatic heterocycles. The van der Waals surface area contributed by atoms with Crippen LogP contribution in [0.15, 0.2) is 36.4 Å². The molecule has 1 atom stereocenters. The van der Waals surface area contributed by atoms with Crippen molar-refractivity contribution in [2.75, 3.05) is 16.8 Å². The van der Waals surface area contributed by atoms with E-state index in [1.165, 1.54) is 23.1 Å². The van der Waals surface area contributed by atoms with Gasteiger partial charge in [-0.05, 0) is 48.2 Å². The molecule has 1 fully saturated rings. The molecule has 8 nitrogen and oxygen atoms in total. The lowest BCUT2D eigenvalue weighted by Gasteiger charge is -2.29. The SMILES string of the molecule is O=C1CCC(N2Cc3cc(NC(=O)N4CCc5cccc(C(F)(F)F)c54)ccc3C2=O)C(=O)N1. The molecule has 0 aromatic heterocycles. The lowest BCUT2D eigenvalue weighted by molar-refractivity contribution is -0.138. The van der Waals surface area contributed by atoms with Crippen molar-refractivity contribution in [3.05, 3.63) is 58.7 Å². The topological polar surface area (TPSA) is 98.8 Å². The first-order valence-corrected chi connectivity index (χ1v) is 10.7. The Kier molecular flexibility index (Phi) is 5.07. The number of hydrogen-bond donors (Lipinski definition) is 2. The van der Waals surface area contributed by atoms with E-state index in [2.05, 4.69) is 10.6 Å². The fourth-order valence-electron chi connectivity index (χ4n) is 4.73. The number of piperidine rings is 1. The Labute approximate surface area is 191 Å². The third kappa shape index (κ3) is 3.66. The first-order chi connectivity index (χ1) is 16.1.